The van der Waals surface area contributed by atoms with Crippen LogP contribution in [0.4, 0.5) is 4.39 Å². The van der Waals surface area contributed by atoms with Crippen molar-refractivity contribution in [3.05, 3.63) is 59.7 Å². The van der Waals surface area contributed by atoms with E-state index in [1.807, 2.05) is 4.57 Å². The molecule has 3 nitrogen and oxygen atoms in total. The van der Waals surface area contributed by atoms with Gasteiger partial charge in [0.2, 0.25) is 0 Å². The van der Waals surface area contributed by atoms with Crippen LogP contribution in [0.15, 0.2) is 42.7 Å². The number of halogens is 2. The van der Waals surface area contributed by atoms with E-state index in [1.165, 1.54) is 12.1 Å². The molecular weight excluding hydrogens is 301 g/mol. The van der Waals surface area contributed by atoms with E-state index < -0.39 is 0 Å². The minimum Gasteiger partial charge on any atom is -0.450 e. The molecule has 18 heavy (non-hydrogen) atoms. The van der Waals surface area contributed by atoms with E-state index in [1.54, 1.807) is 30.6 Å². The lowest BCUT2D eigenvalue weighted by Gasteiger charge is -2.02. The number of benzene rings is 1. The van der Waals surface area contributed by atoms with Crippen molar-refractivity contribution >= 4 is 21.9 Å². The Balaban J connectivity index is 2.06. The fourth-order valence-electron chi connectivity index (χ4n) is 1.59. The maximum Gasteiger partial charge on any atom is 0.340 e. The third kappa shape index (κ3) is 3.20. The summed E-state index contributed by atoms with van der Waals surface area (Å²) in [6.07, 6.45) is 3.49. The highest BCUT2D eigenvalue weighted by Gasteiger charge is 2.08. The Bertz CT molecular complexity index is 536. The van der Waals surface area contributed by atoms with Gasteiger partial charge in [0, 0.05) is 18.9 Å². The summed E-state index contributed by atoms with van der Waals surface area (Å²) < 4.78 is 19.4. The number of carbonyl (C=O) groups is 1. The zero-order valence-corrected chi connectivity index (χ0v) is 11.1. The van der Waals surface area contributed by atoms with Gasteiger partial charge in [-0.05, 0) is 39.7 Å². The van der Waals surface area contributed by atoms with Crippen LogP contribution in [0.25, 0.3) is 0 Å². The first kappa shape index (κ1) is 12.8. The van der Waals surface area contributed by atoms with E-state index in [9.17, 15) is 9.18 Å². The van der Waals surface area contributed by atoms with E-state index in [0.717, 1.165) is 5.56 Å². The number of ether oxygens (including phenoxy) is 1. The van der Waals surface area contributed by atoms with Gasteiger partial charge in [0.1, 0.15) is 11.3 Å². The summed E-state index contributed by atoms with van der Waals surface area (Å²) in [5.41, 5.74) is 1.64. The van der Waals surface area contributed by atoms with Crippen LogP contribution in [0.3, 0.4) is 0 Å². The molecule has 0 atom stereocenters. The third-order valence-corrected chi connectivity index (χ3v) is 2.68. The van der Waals surface area contributed by atoms with Gasteiger partial charge >= 0.3 is 5.97 Å². The average Bonchev–Trinajstić information content (AvgIpc) is 2.81. The first-order valence-corrected chi connectivity index (χ1v) is 6.44. The fraction of sp³-hybridized carbons (Fsp3) is 0.154. The minimum absolute atomic E-state index is 0.176. The van der Waals surface area contributed by atoms with Crippen molar-refractivity contribution in [2.75, 3.05) is 5.52 Å². The first-order chi connectivity index (χ1) is 8.69. The summed E-state index contributed by atoms with van der Waals surface area (Å²) in [5, 5.41) is 0. The van der Waals surface area contributed by atoms with Gasteiger partial charge in [-0.1, -0.05) is 12.1 Å². The largest absolute Gasteiger partial charge is 0.450 e. The van der Waals surface area contributed by atoms with Crippen molar-refractivity contribution in [2.24, 2.45) is 0 Å². The molecule has 5 heteroatoms. The molecule has 0 unspecified atom stereocenters. The van der Waals surface area contributed by atoms with Gasteiger partial charge in [-0.25, -0.2) is 9.18 Å². The molecule has 94 valence electrons. The number of rotatable bonds is 4. The van der Waals surface area contributed by atoms with Gasteiger partial charge in [0.15, 0.2) is 0 Å². The van der Waals surface area contributed by atoms with Crippen LogP contribution >= 0.6 is 15.9 Å². The topological polar surface area (TPSA) is 31.2 Å². The minimum atomic E-state index is -0.371. The van der Waals surface area contributed by atoms with Crippen LogP contribution in [0, 0.1) is 5.82 Å². The fourth-order valence-corrected chi connectivity index (χ4v) is 1.80. The Morgan fingerprint density at radius 1 is 1.28 bits per heavy atom. The molecular formula is C13H11BrFNO2. The standard InChI is InChI=1S/C13H11BrFNO2/c14-9-18-13(17)11-5-6-16(8-11)7-10-1-3-12(15)4-2-10/h1-6,8H,7,9H2. The third-order valence-electron chi connectivity index (χ3n) is 2.45. The molecule has 1 aromatic heterocycles. The second-order valence-corrected chi connectivity index (χ2v) is 4.20. The molecule has 1 heterocycles. The summed E-state index contributed by atoms with van der Waals surface area (Å²) >= 11 is 3.03. The number of esters is 1. The number of hydrogen-bond donors (Lipinski definition) is 0. The summed E-state index contributed by atoms with van der Waals surface area (Å²) in [7, 11) is 0. The van der Waals surface area contributed by atoms with Crippen molar-refractivity contribution in [3.8, 4) is 0 Å². The smallest absolute Gasteiger partial charge is 0.340 e. The highest BCUT2D eigenvalue weighted by atomic mass is 79.9. The van der Waals surface area contributed by atoms with Crippen LogP contribution in [0.5, 0.6) is 0 Å². The highest BCUT2D eigenvalue weighted by molar-refractivity contribution is 9.09. The number of aromatic nitrogens is 1. The van der Waals surface area contributed by atoms with Crippen LogP contribution in [0.2, 0.25) is 0 Å². The highest BCUT2D eigenvalue weighted by Crippen LogP contribution is 2.09. The van der Waals surface area contributed by atoms with Crippen molar-refractivity contribution < 1.29 is 13.9 Å². The van der Waals surface area contributed by atoms with E-state index in [2.05, 4.69) is 15.9 Å². The lowest BCUT2D eigenvalue weighted by Crippen LogP contribution is -2.02. The van der Waals surface area contributed by atoms with Crippen molar-refractivity contribution in [3.63, 3.8) is 0 Å². The molecule has 2 rings (SSSR count). The second-order valence-electron chi connectivity index (χ2n) is 3.74. The maximum atomic E-state index is 12.7. The van der Waals surface area contributed by atoms with E-state index >= 15 is 0 Å². The number of hydrogen-bond acceptors (Lipinski definition) is 2. The van der Waals surface area contributed by atoms with Crippen molar-refractivity contribution in [1.82, 2.24) is 4.57 Å². The lowest BCUT2D eigenvalue weighted by molar-refractivity contribution is 0.0584. The second kappa shape index (κ2) is 5.82. The summed E-state index contributed by atoms with van der Waals surface area (Å²) in [5.74, 6) is -0.627. The van der Waals surface area contributed by atoms with Crippen LogP contribution in [0.1, 0.15) is 15.9 Å². The molecule has 0 aliphatic heterocycles. The number of alkyl halides is 1. The molecule has 0 radical (unpaired) electrons. The molecule has 0 saturated heterocycles. The van der Waals surface area contributed by atoms with E-state index in [-0.39, 0.29) is 17.3 Å². The Morgan fingerprint density at radius 3 is 2.67 bits per heavy atom. The lowest BCUT2D eigenvalue weighted by atomic mass is 10.2. The molecule has 0 N–H and O–H groups in total. The SMILES string of the molecule is O=C(OCBr)c1ccn(Cc2ccc(F)cc2)c1. The van der Waals surface area contributed by atoms with Crippen LogP contribution in [-0.2, 0) is 11.3 Å². The predicted molar refractivity (Wildman–Crippen MR) is 69.1 cm³/mol. The van der Waals surface area contributed by atoms with Crippen LogP contribution < -0.4 is 0 Å². The molecule has 0 aliphatic rings. The zero-order valence-electron chi connectivity index (χ0n) is 9.48. The Hall–Kier alpha value is -1.62. The zero-order chi connectivity index (χ0) is 13.0. The Morgan fingerprint density at radius 2 is 2.00 bits per heavy atom. The molecule has 0 aliphatic carbocycles. The summed E-state index contributed by atoms with van der Waals surface area (Å²) in [6, 6.07) is 7.95. The van der Waals surface area contributed by atoms with Gasteiger partial charge in [-0.15, -0.1) is 0 Å². The van der Waals surface area contributed by atoms with Crippen molar-refractivity contribution in [2.45, 2.75) is 6.54 Å². The normalized spacial score (nSPS) is 10.3. The average molecular weight is 312 g/mol. The van der Waals surface area contributed by atoms with E-state index in [0.29, 0.717) is 12.1 Å². The summed E-state index contributed by atoms with van der Waals surface area (Å²) in [4.78, 5) is 11.4. The van der Waals surface area contributed by atoms with Crippen molar-refractivity contribution in [1.29, 1.82) is 0 Å². The van der Waals surface area contributed by atoms with Gasteiger partial charge in [-0.3, -0.25) is 0 Å². The quantitative estimate of drug-likeness (QED) is 0.641. The van der Waals surface area contributed by atoms with E-state index in [4.69, 9.17) is 4.74 Å². The summed E-state index contributed by atoms with van der Waals surface area (Å²) in [6.45, 7) is 0.585. The van der Waals surface area contributed by atoms with Gasteiger partial charge in [0.25, 0.3) is 0 Å². The maximum absolute atomic E-state index is 12.7. The number of carbonyl (C=O) groups excluding carboxylic acids is 1. The number of nitrogens with zero attached hydrogens (tertiary/aromatic N) is 1. The monoisotopic (exact) mass is 311 g/mol. The molecule has 0 spiro atoms. The molecule has 0 amide bonds. The first-order valence-electron chi connectivity index (χ1n) is 5.32. The van der Waals surface area contributed by atoms with Gasteiger partial charge < -0.3 is 9.30 Å². The molecule has 0 bridgehead atoms. The van der Waals surface area contributed by atoms with Gasteiger partial charge in [0.05, 0.1) is 5.56 Å². The Kier molecular flexibility index (Phi) is 4.15. The molecule has 2 aromatic rings. The predicted octanol–water partition coefficient (Wildman–Crippen LogP) is 3.18. The molecule has 0 saturated carbocycles. The molecule has 0 fully saturated rings. The van der Waals surface area contributed by atoms with Crippen LogP contribution in [-0.4, -0.2) is 16.1 Å². The Labute approximate surface area is 112 Å². The molecule has 1 aromatic carbocycles. The van der Waals surface area contributed by atoms with Gasteiger partial charge in [-0.2, -0.15) is 0 Å².